The van der Waals surface area contributed by atoms with Crippen molar-refractivity contribution in [2.24, 2.45) is 11.3 Å². The number of likely N-dealkylation sites (tertiary alicyclic amines) is 1. The molecule has 126 valence electrons. The van der Waals surface area contributed by atoms with Gasteiger partial charge in [-0.1, -0.05) is 26.7 Å². The van der Waals surface area contributed by atoms with E-state index in [4.69, 9.17) is 4.74 Å². The van der Waals surface area contributed by atoms with E-state index in [2.05, 4.69) is 29.1 Å². The molecule has 1 aromatic rings. The highest BCUT2D eigenvalue weighted by Crippen LogP contribution is 2.52. The van der Waals surface area contributed by atoms with Crippen molar-refractivity contribution in [3.05, 3.63) is 18.1 Å². The van der Waals surface area contributed by atoms with Crippen LogP contribution in [-0.2, 0) is 6.54 Å². The van der Waals surface area contributed by atoms with Gasteiger partial charge in [0.25, 0.3) is 0 Å². The summed E-state index contributed by atoms with van der Waals surface area (Å²) >= 11 is 0. The number of urea groups is 1. The molecular weight excluding hydrogens is 292 g/mol. The number of aromatic nitrogens is 2. The second-order valence-corrected chi connectivity index (χ2v) is 7.06. The Labute approximate surface area is 137 Å². The molecule has 1 aliphatic carbocycles. The summed E-state index contributed by atoms with van der Waals surface area (Å²) in [6, 6.07) is 2.04. The zero-order valence-electron chi connectivity index (χ0n) is 14.2. The molecular formula is C17H26N4O2. The number of amides is 2. The van der Waals surface area contributed by atoms with Crippen molar-refractivity contribution in [2.75, 3.05) is 13.7 Å². The first kappa shape index (κ1) is 16.0. The van der Waals surface area contributed by atoms with E-state index in [1.54, 1.807) is 19.4 Å². The molecule has 0 bridgehead atoms. The zero-order chi connectivity index (χ0) is 16.4. The average Bonchev–Trinajstić information content (AvgIpc) is 3.01. The van der Waals surface area contributed by atoms with Gasteiger partial charge >= 0.3 is 6.03 Å². The van der Waals surface area contributed by atoms with Gasteiger partial charge in [-0.3, -0.25) is 0 Å². The van der Waals surface area contributed by atoms with Crippen LogP contribution in [-0.4, -0.2) is 40.6 Å². The maximum absolute atomic E-state index is 12.5. The van der Waals surface area contributed by atoms with Gasteiger partial charge in [0.05, 0.1) is 13.7 Å². The Balaban J connectivity index is 1.60. The van der Waals surface area contributed by atoms with E-state index in [9.17, 15) is 4.79 Å². The predicted molar refractivity (Wildman–Crippen MR) is 87.1 cm³/mol. The lowest BCUT2D eigenvalue weighted by Gasteiger charge is -2.58. The average molecular weight is 318 g/mol. The Kier molecular flexibility index (Phi) is 4.41. The monoisotopic (exact) mass is 318 g/mol. The van der Waals surface area contributed by atoms with Crippen molar-refractivity contribution in [3.63, 3.8) is 0 Å². The van der Waals surface area contributed by atoms with Crippen molar-refractivity contribution in [3.8, 4) is 5.88 Å². The zero-order valence-corrected chi connectivity index (χ0v) is 14.2. The molecule has 6 nitrogen and oxygen atoms in total. The molecule has 0 unspecified atom stereocenters. The number of nitrogens with zero attached hydrogens (tertiary/aromatic N) is 3. The highest BCUT2D eigenvalue weighted by Gasteiger charge is 2.56. The molecule has 1 aliphatic heterocycles. The van der Waals surface area contributed by atoms with E-state index < -0.39 is 0 Å². The van der Waals surface area contributed by atoms with Crippen LogP contribution in [0.1, 0.15) is 45.4 Å². The number of carbonyl (C=O) groups is 1. The van der Waals surface area contributed by atoms with E-state index in [-0.39, 0.29) is 6.03 Å². The Morgan fingerprint density at radius 1 is 1.48 bits per heavy atom. The van der Waals surface area contributed by atoms with Crippen molar-refractivity contribution in [1.82, 2.24) is 20.2 Å². The molecule has 1 aromatic heterocycles. The number of carbonyl (C=O) groups excluding carboxylic acids is 1. The third kappa shape index (κ3) is 2.99. The van der Waals surface area contributed by atoms with Crippen LogP contribution in [0.5, 0.6) is 5.88 Å². The summed E-state index contributed by atoms with van der Waals surface area (Å²) in [6.07, 6.45) is 6.77. The molecule has 2 aliphatic rings. The van der Waals surface area contributed by atoms with Crippen LogP contribution in [0.4, 0.5) is 4.79 Å². The first-order chi connectivity index (χ1) is 11.1. The van der Waals surface area contributed by atoms with E-state index in [0.717, 1.165) is 6.54 Å². The normalized spacial score (nSPS) is 22.3. The van der Waals surface area contributed by atoms with Gasteiger partial charge in [0, 0.05) is 30.3 Å². The fraction of sp³-hybridized carbons (Fsp3) is 0.706. The fourth-order valence-corrected chi connectivity index (χ4v) is 4.38. The number of methoxy groups -OCH3 is 1. The van der Waals surface area contributed by atoms with Crippen molar-refractivity contribution < 1.29 is 9.53 Å². The third-order valence-electron chi connectivity index (χ3n) is 5.23. The van der Waals surface area contributed by atoms with Gasteiger partial charge in [-0.15, -0.1) is 0 Å². The predicted octanol–water partition coefficient (Wildman–Crippen LogP) is 2.60. The summed E-state index contributed by atoms with van der Waals surface area (Å²) < 4.78 is 5.08. The Bertz CT molecular complexity index is 569. The van der Waals surface area contributed by atoms with Crippen LogP contribution in [0.2, 0.25) is 0 Å². The molecule has 1 saturated heterocycles. The van der Waals surface area contributed by atoms with E-state index in [1.807, 2.05) is 4.90 Å². The standard InChI is InChI=1S/C17H26N4O2/c1-12(2)15-17(7-4-5-8-17)11-21(15)16(22)19-10-13-18-9-6-14(20-13)23-3/h6,9,12,15H,4-5,7-8,10-11H2,1-3H3,(H,19,22)/t15-/m0/s1. The van der Waals surface area contributed by atoms with Crippen LogP contribution >= 0.6 is 0 Å². The van der Waals surface area contributed by atoms with Crippen molar-refractivity contribution in [1.29, 1.82) is 0 Å². The molecule has 1 atom stereocenters. The molecule has 1 saturated carbocycles. The number of rotatable bonds is 4. The minimum atomic E-state index is -0.00681. The van der Waals surface area contributed by atoms with Gasteiger partial charge in [0.1, 0.15) is 0 Å². The van der Waals surface area contributed by atoms with Crippen LogP contribution in [0, 0.1) is 11.3 Å². The second-order valence-electron chi connectivity index (χ2n) is 7.06. The second kappa shape index (κ2) is 6.34. The van der Waals surface area contributed by atoms with Crippen LogP contribution in [0.25, 0.3) is 0 Å². The molecule has 2 heterocycles. The summed E-state index contributed by atoms with van der Waals surface area (Å²) in [7, 11) is 1.57. The summed E-state index contributed by atoms with van der Waals surface area (Å²) in [5, 5.41) is 2.95. The molecule has 1 N–H and O–H groups in total. The highest BCUT2D eigenvalue weighted by atomic mass is 16.5. The van der Waals surface area contributed by atoms with Gasteiger partial charge in [-0.05, 0) is 18.8 Å². The summed E-state index contributed by atoms with van der Waals surface area (Å²) in [6.45, 7) is 5.65. The fourth-order valence-electron chi connectivity index (χ4n) is 4.38. The summed E-state index contributed by atoms with van der Waals surface area (Å²) in [4.78, 5) is 22.9. The van der Waals surface area contributed by atoms with Crippen molar-refractivity contribution in [2.45, 2.75) is 52.1 Å². The Morgan fingerprint density at radius 3 is 2.87 bits per heavy atom. The SMILES string of the molecule is COc1ccnc(CNC(=O)N2CC3(CCCC3)[C@@H]2C(C)C)n1. The lowest BCUT2D eigenvalue weighted by atomic mass is 9.66. The first-order valence-electron chi connectivity index (χ1n) is 8.46. The smallest absolute Gasteiger partial charge is 0.318 e. The molecule has 1 spiro atoms. The molecule has 2 amide bonds. The van der Waals surface area contributed by atoms with Gasteiger partial charge < -0.3 is 15.0 Å². The van der Waals surface area contributed by atoms with Crippen LogP contribution in [0.3, 0.4) is 0 Å². The van der Waals surface area contributed by atoms with Crippen LogP contribution < -0.4 is 10.1 Å². The number of nitrogens with one attached hydrogen (secondary N) is 1. The summed E-state index contributed by atoms with van der Waals surface area (Å²) in [5.74, 6) is 1.56. The molecule has 23 heavy (non-hydrogen) atoms. The van der Waals surface area contributed by atoms with Crippen molar-refractivity contribution >= 4 is 6.03 Å². The number of hydrogen-bond donors (Lipinski definition) is 1. The van der Waals surface area contributed by atoms with Gasteiger partial charge in [-0.25, -0.2) is 9.78 Å². The molecule has 2 fully saturated rings. The molecule has 0 aromatic carbocycles. The van der Waals surface area contributed by atoms with E-state index >= 15 is 0 Å². The molecule has 3 rings (SSSR count). The largest absolute Gasteiger partial charge is 0.481 e. The lowest BCUT2D eigenvalue weighted by Crippen LogP contribution is -2.68. The molecule has 6 heteroatoms. The number of ether oxygens (including phenoxy) is 1. The minimum absolute atomic E-state index is 0.00681. The Morgan fingerprint density at radius 2 is 2.22 bits per heavy atom. The minimum Gasteiger partial charge on any atom is -0.481 e. The first-order valence-corrected chi connectivity index (χ1v) is 8.46. The van der Waals surface area contributed by atoms with E-state index in [1.165, 1.54) is 25.7 Å². The van der Waals surface area contributed by atoms with Crippen LogP contribution in [0.15, 0.2) is 12.3 Å². The topological polar surface area (TPSA) is 67.3 Å². The molecule has 0 radical (unpaired) electrons. The van der Waals surface area contributed by atoms with Gasteiger partial charge in [0.2, 0.25) is 5.88 Å². The van der Waals surface area contributed by atoms with E-state index in [0.29, 0.717) is 35.6 Å². The van der Waals surface area contributed by atoms with Gasteiger partial charge in [-0.2, -0.15) is 4.98 Å². The maximum atomic E-state index is 12.5. The Hall–Kier alpha value is -1.85. The lowest BCUT2D eigenvalue weighted by molar-refractivity contribution is -0.0616. The third-order valence-corrected chi connectivity index (χ3v) is 5.23. The highest BCUT2D eigenvalue weighted by molar-refractivity contribution is 5.76. The maximum Gasteiger partial charge on any atom is 0.318 e. The quantitative estimate of drug-likeness (QED) is 0.926. The van der Waals surface area contributed by atoms with Gasteiger partial charge in [0.15, 0.2) is 5.82 Å². The number of hydrogen-bond acceptors (Lipinski definition) is 4. The summed E-state index contributed by atoms with van der Waals surface area (Å²) in [5.41, 5.74) is 0.373.